The number of rotatable bonds is 1. The number of hydrogen-bond donors (Lipinski definition) is 0. The maximum absolute atomic E-state index is 12.0. The molecule has 3 nitrogen and oxygen atoms in total. The minimum absolute atomic E-state index is 0.191. The molecule has 1 saturated heterocycles. The van der Waals surface area contributed by atoms with Gasteiger partial charge in [0.1, 0.15) is 0 Å². The van der Waals surface area contributed by atoms with Gasteiger partial charge in [0.2, 0.25) is 0 Å². The molecule has 1 aliphatic heterocycles. The third kappa shape index (κ3) is 4.75. The van der Waals surface area contributed by atoms with Gasteiger partial charge in [-0.1, -0.05) is 0 Å². The summed E-state index contributed by atoms with van der Waals surface area (Å²) in [6.45, 7) is 7.24. The fraction of sp³-hybridized carbons (Fsp3) is 0.562. The summed E-state index contributed by atoms with van der Waals surface area (Å²) in [5.74, 6) is 0.521. The van der Waals surface area contributed by atoms with Gasteiger partial charge in [-0.15, -0.1) is 0 Å². The molecule has 1 aromatic rings. The van der Waals surface area contributed by atoms with Crippen LogP contribution in [0.15, 0.2) is 22.7 Å². The maximum atomic E-state index is 12.0. The molecule has 2 radical (unpaired) electrons. The van der Waals surface area contributed by atoms with Crippen LogP contribution in [0, 0.1) is 0 Å². The minimum atomic E-state index is -0.423. The number of hydrogen-bond acceptors (Lipinski definition) is 2. The van der Waals surface area contributed by atoms with E-state index in [0.29, 0.717) is 5.92 Å². The van der Waals surface area contributed by atoms with Gasteiger partial charge in [0.15, 0.2) is 0 Å². The molecule has 0 aromatic heterocycles. The first-order valence-electron chi connectivity index (χ1n) is 7.22. The Kier molecular flexibility index (Phi) is 5.42. The molecule has 1 heterocycles. The zero-order chi connectivity index (χ0) is 15.6. The van der Waals surface area contributed by atoms with Crippen LogP contribution in [-0.2, 0) is 4.74 Å². The van der Waals surface area contributed by atoms with Crippen molar-refractivity contribution in [3.8, 4) is 0 Å². The number of carbonyl (C=O) groups excluding carboxylic acids is 1. The van der Waals surface area contributed by atoms with E-state index in [2.05, 4.69) is 51.0 Å². The van der Waals surface area contributed by atoms with Crippen LogP contribution >= 0.6 is 15.9 Å². The number of likely N-dealkylation sites (tertiary alicyclic amines) is 1. The van der Waals surface area contributed by atoms with Crippen LogP contribution in [-0.4, -0.2) is 46.5 Å². The van der Waals surface area contributed by atoms with Crippen molar-refractivity contribution in [3.63, 3.8) is 0 Å². The molecule has 1 amide bonds. The molecule has 1 fully saturated rings. The van der Waals surface area contributed by atoms with Crippen LogP contribution in [0.1, 0.15) is 45.1 Å². The molecule has 0 unspecified atom stereocenters. The summed E-state index contributed by atoms with van der Waals surface area (Å²) in [5.41, 5.74) is 0.925. The number of ether oxygens (including phenoxy) is 1. The van der Waals surface area contributed by atoms with Crippen LogP contribution < -0.4 is 4.35 Å². The molecule has 0 bridgehead atoms. The van der Waals surface area contributed by atoms with Crippen molar-refractivity contribution in [2.45, 2.75) is 45.1 Å². The summed E-state index contributed by atoms with van der Waals surface area (Å²) >= 11 is 6.14. The van der Waals surface area contributed by atoms with Gasteiger partial charge in [0.25, 0.3) is 0 Å². The zero-order valence-electron chi connectivity index (χ0n) is 12.7. The van der Waals surface area contributed by atoms with E-state index in [0.717, 1.165) is 30.4 Å². The summed E-state index contributed by atoms with van der Waals surface area (Å²) in [5, 5.41) is 0. The molecule has 21 heavy (non-hydrogen) atoms. The number of benzene rings is 1. The molecule has 0 saturated carbocycles. The van der Waals surface area contributed by atoms with Crippen molar-refractivity contribution in [2.75, 3.05) is 13.1 Å². The number of piperidine rings is 1. The second-order valence-electron chi connectivity index (χ2n) is 6.45. The summed E-state index contributed by atoms with van der Waals surface area (Å²) in [6, 6.07) is 6.51. The molecule has 2 rings (SSSR count). The van der Waals surface area contributed by atoms with Crippen LogP contribution in [0.3, 0.4) is 0 Å². The molecule has 0 atom stereocenters. The summed E-state index contributed by atoms with van der Waals surface area (Å²) in [7, 11) is 0. The predicted octanol–water partition coefficient (Wildman–Crippen LogP) is 3.36. The summed E-state index contributed by atoms with van der Waals surface area (Å²) < 4.78 is 7.76. The monoisotopic (exact) mass is 413 g/mol. The Morgan fingerprint density at radius 2 is 1.95 bits per heavy atom. The Morgan fingerprint density at radius 3 is 2.48 bits per heavy atom. The van der Waals surface area contributed by atoms with Crippen molar-refractivity contribution in [2.24, 2.45) is 0 Å². The Balaban J connectivity index is 1.94. The average Bonchev–Trinajstić information content (AvgIpc) is 2.40. The molecule has 5 heteroatoms. The van der Waals surface area contributed by atoms with E-state index >= 15 is 0 Å². The van der Waals surface area contributed by atoms with E-state index in [4.69, 9.17) is 4.74 Å². The number of carbonyl (C=O) groups is 1. The van der Waals surface area contributed by atoms with Crippen LogP contribution in [0.2, 0.25) is 0 Å². The summed E-state index contributed by atoms with van der Waals surface area (Å²) in [6.07, 6.45) is 1.79. The van der Waals surface area contributed by atoms with E-state index in [-0.39, 0.29) is 6.09 Å². The van der Waals surface area contributed by atoms with E-state index in [9.17, 15) is 4.79 Å². The van der Waals surface area contributed by atoms with Crippen molar-refractivity contribution in [1.29, 1.82) is 0 Å². The van der Waals surface area contributed by atoms with Crippen LogP contribution in [0.4, 0.5) is 4.79 Å². The zero-order valence-corrected chi connectivity index (χ0v) is 16.2. The van der Waals surface area contributed by atoms with Crippen molar-refractivity contribution in [1.82, 2.24) is 4.90 Å². The molecule has 1 aliphatic rings. The third-order valence-electron chi connectivity index (χ3n) is 3.59. The van der Waals surface area contributed by atoms with Gasteiger partial charge in [-0.3, -0.25) is 0 Å². The first kappa shape index (κ1) is 16.9. The van der Waals surface area contributed by atoms with Gasteiger partial charge in [0.05, 0.1) is 0 Å². The number of amides is 1. The molecule has 0 N–H and O–H groups in total. The van der Waals surface area contributed by atoms with Crippen LogP contribution in [0.5, 0.6) is 0 Å². The normalized spacial score (nSPS) is 16.9. The molecule has 0 spiro atoms. The van der Waals surface area contributed by atoms with Gasteiger partial charge < -0.3 is 0 Å². The van der Waals surface area contributed by atoms with E-state index in [1.165, 1.54) is 9.91 Å². The topological polar surface area (TPSA) is 29.5 Å². The fourth-order valence-electron chi connectivity index (χ4n) is 2.50. The van der Waals surface area contributed by atoms with Crippen molar-refractivity contribution < 1.29 is 9.53 Å². The third-order valence-corrected chi connectivity index (χ3v) is 5.73. The van der Waals surface area contributed by atoms with Gasteiger partial charge in [-0.05, 0) is 0 Å². The van der Waals surface area contributed by atoms with Crippen molar-refractivity contribution in [3.05, 3.63) is 28.2 Å². The van der Waals surface area contributed by atoms with Crippen molar-refractivity contribution >= 4 is 43.2 Å². The Bertz CT molecular complexity index is 519. The predicted molar refractivity (Wildman–Crippen MR) is 89.3 cm³/mol. The first-order valence-corrected chi connectivity index (χ1v) is 8.96. The van der Waals surface area contributed by atoms with E-state index in [1.807, 2.05) is 25.7 Å². The standard InChI is InChI=1S/C16H21AsBrNO2/c1-16(2,3)21-15(20)19-8-6-11(7-9-19)12-4-5-13(17)14(18)10-12/h4-5,10-11H,6-9H2,1-3H3. The number of nitrogens with zero attached hydrogens (tertiary/aromatic N) is 1. The van der Waals surface area contributed by atoms with Gasteiger partial charge in [0, 0.05) is 0 Å². The van der Waals surface area contributed by atoms with E-state index < -0.39 is 5.60 Å². The van der Waals surface area contributed by atoms with E-state index in [1.54, 1.807) is 0 Å². The number of halogens is 1. The second kappa shape index (κ2) is 6.74. The average molecular weight is 414 g/mol. The second-order valence-corrected chi connectivity index (χ2v) is 8.32. The Labute approximate surface area is 144 Å². The molecule has 114 valence electrons. The molecule has 1 aromatic carbocycles. The van der Waals surface area contributed by atoms with Gasteiger partial charge >= 0.3 is 144 Å². The summed E-state index contributed by atoms with van der Waals surface area (Å²) in [4.78, 5) is 13.9. The molecular weight excluding hydrogens is 393 g/mol. The van der Waals surface area contributed by atoms with Crippen LogP contribution in [0.25, 0.3) is 0 Å². The first-order chi connectivity index (χ1) is 9.76. The Hall–Kier alpha value is -0.472. The molecular formula is C16H21AsBrNO2. The SMILES string of the molecule is CC(C)(C)OC(=O)N1CCC(c2ccc([As])c(Br)c2)CC1. The van der Waals surface area contributed by atoms with Gasteiger partial charge in [-0.2, -0.15) is 0 Å². The fourth-order valence-corrected chi connectivity index (χ4v) is 3.19. The Morgan fingerprint density at radius 1 is 1.33 bits per heavy atom. The quantitative estimate of drug-likeness (QED) is 0.660. The van der Waals surface area contributed by atoms with Gasteiger partial charge in [-0.25, -0.2) is 0 Å². The molecule has 0 aliphatic carbocycles.